The fourth-order valence-electron chi connectivity index (χ4n) is 2.10. The minimum atomic E-state index is -0.308. The topological polar surface area (TPSA) is 33.4 Å². The minimum absolute atomic E-state index is 0.308. The number of carbonyl (C=O) groups is 1. The first-order valence-corrected chi connectivity index (χ1v) is 7.22. The highest BCUT2D eigenvalue weighted by molar-refractivity contribution is 5.70. The molecule has 0 aliphatic carbocycles. The van der Waals surface area contributed by atoms with Gasteiger partial charge in [-0.1, -0.05) is 30.3 Å². The number of hydrogen-bond acceptors (Lipinski definition) is 2. The van der Waals surface area contributed by atoms with Crippen molar-refractivity contribution in [2.45, 2.75) is 20.4 Å². The largest absolute Gasteiger partial charge is 0.415 e. The van der Waals surface area contributed by atoms with E-state index in [2.05, 4.69) is 12.1 Å². The first-order valence-electron chi connectivity index (χ1n) is 7.22. The van der Waals surface area contributed by atoms with Crippen molar-refractivity contribution in [2.75, 3.05) is 13.1 Å². The van der Waals surface area contributed by atoms with E-state index in [1.165, 1.54) is 5.56 Å². The van der Waals surface area contributed by atoms with Gasteiger partial charge in [-0.05, 0) is 19.9 Å². The van der Waals surface area contributed by atoms with Gasteiger partial charge in [-0.15, -0.1) is 0 Å². The molecule has 4 heteroatoms. The lowest BCUT2D eigenvalue weighted by atomic mass is 10.2. The predicted molar refractivity (Wildman–Crippen MR) is 81.1 cm³/mol. The van der Waals surface area contributed by atoms with E-state index in [1.807, 2.05) is 55.1 Å². The molecule has 110 valence electrons. The first-order chi connectivity index (χ1) is 10.2. The Hall–Kier alpha value is -2.36. The highest BCUT2D eigenvalue weighted by Gasteiger charge is 2.14. The van der Waals surface area contributed by atoms with Gasteiger partial charge in [0.05, 0.1) is 0 Å². The highest BCUT2D eigenvalue weighted by Crippen LogP contribution is 2.08. The van der Waals surface area contributed by atoms with Crippen LogP contribution in [0.2, 0.25) is 0 Å². The molecular weight excluding hydrogens is 264 g/mol. The molecule has 0 unspecified atom stereocenters. The fraction of sp³-hybridized carbons (Fsp3) is 0.294. The van der Waals surface area contributed by atoms with Crippen LogP contribution in [0.25, 0.3) is 0 Å². The third-order valence-electron chi connectivity index (χ3n) is 3.27. The van der Waals surface area contributed by atoms with Crippen molar-refractivity contribution in [3.63, 3.8) is 0 Å². The van der Waals surface area contributed by atoms with E-state index in [9.17, 15) is 4.79 Å². The number of nitrogens with zero attached hydrogens (tertiary/aromatic N) is 2. The van der Waals surface area contributed by atoms with Gasteiger partial charge in [-0.25, -0.2) is 4.79 Å². The monoisotopic (exact) mass is 285 g/mol. The molecule has 0 radical (unpaired) electrons. The maximum Gasteiger partial charge on any atom is 0.415 e. The molecule has 2 rings (SSSR count). The van der Waals surface area contributed by atoms with Crippen molar-refractivity contribution in [3.8, 4) is 5.75 Å². The maximum atomic E-state index is 11.9. The molecule has 2 aromatic rings. The zero-order chi connectivity index (χ0) is 15.1. The van der Waals surface area contributed by atoms with E-state index in [1.54, 1.807) is 11.0 Å². The highest BCUT2D eigenvalue weighted by atomic mass is 16.6. The summed E-state index contributed by atoms with van der Waals surface area (Å²) < 4.78 is 7.40. The van der Waals surface area contributed by atoms with Gasteiger partial charge in [0.15, 0.2) is 18.5 Å². The molecule has 0 bridgehead atoms. The number of aromatic nitrogens is 1. The minimum Gasteiger partial charge on any atom is -0.404 e. The summed E-state index contributed by atoms with van der Waals surface area (Å²) in [5.74, 6) is 0.560. The summed E-state index contributed by atoms with van der Waals surface area (Å²) in [5, 5.41) is 0. The number of ether oxygens (including phenoxy) is 1. The van der Waals surface area contributed by atoms with Crippen LogP contribution in [0.3, 0.4) is 0 Å². The molecule has 4 nitrogen and oxygen atoms in total. The molecule has 1 aromatic carbocycles. The molecule has 1 amide bonds. The fourth-order valence-corrected chi connectivity index (χ4v) is 2.10. The number of hydrogen-bond donors (Lipinski definition) is 0. The van der Waals surface area contributed by atoms with Crippen LogP contribution in [0.15, 0.2) is 54.9 Å². The van der Waals surface area contributed by atoms with Gasteiger partial charge in [-0.2, -0.15) is 4.57 Å². The molecule has 0 saturated carbocycles. The molecule has 0 N–H and O–H groups in total. The molecule has 21 heavy (non-hydrogen) atoms. The number of amides is 1. The van der Waals surface area contributed by atoms with Crippen LogP contribution in [0, 0.1) is 0 Å². The van der Waals surface area contributed by atoms with Crippen molar-refractivity contribution >= 4 is 6.09 Å². The van der Waals surface area contributed by atoms with Gasteiger partial charge in [0.1, 0.15) is 0 Å². The zero-order valence-corrected chi connectivity index (χ0v) is 12.5. The van der Waals surface area contributed by atoms with E-state index < -0.39 is 0 Å². The Kier molecular flexibility index (Phi) is 5.32. The lowest BCUT2D eigenvalue weighted by molar-refractivity contribution is -0.688. The van der Waals surface area contributed by atoms with Gasteiger partial charge in [0, 0.05) is 24.7 Å². The van der Waals surface area contributed by atoms with Crippen LogP contribution in [0.5, 0.6) is 5.75 Å². The van der Waals surface area contributed by atoms with E-state index in [-0.39, 0.29) is 6.09 Å². The van der Waals surface area contributed by atoms with E-state index in [0.717, 1.165) is 6.54 Å². The third kappa shape index (κ3) is 4.31. The third-order valence-corrected chi connectivity index (χ3v) is 3.27. The standard InChI is InChI=1S/C17H21N2O2/c1-3-19(4-2)17(20)21-16-11-8-12-18(14-16)13-15-9-6-5-7-10-15/h5-12,14H,3-4,13H2,1-2H3/q+1. The molecule has 0 fully saturated rings. The number of rotatable bonds is 5. The summed E-state index contributed by atoms with van der Waals surface area (Å²) >= 11 is 0. The summed E-state index contributed by atoms with van der Waals surface area (Å²) in [7, 11) is 0. The van der Waals surface area contributed by atoms with Gasteiger partial charge < -0.3 is 9.64 Å². The lowest BCUT2D eigenvalue weighted by Crippen LogP contribution is -2.36. The normalized spacial score (nSPS) is 10.2. The second-order valence-corrected chi connectivity index (χ2v) is 4.74. The quantitative estimate of drug-likeness (QED) is 0.792. The van der Waals surface area contributed by atoms with Crippen LogP contribution < -0.4 is 9.30 Å². The predicted octanol–water partition coefficient (Wildman–Crippen LogP) is 2.86. The van der Waals surface area contributed by atoms with E-state index in [0.29, 0.717) is 18.8 Å². The van der Waals surface area contributed by atoms with Gasteiger partial charge in [0.25, 0.3) is 0 Å². The van der Waals surface area contributed by atoms with Crippen molar-refractivity contribution in [1.29, 1.82) is 0 Å². The average Bonchev–Trinajstić information content (AvgIpc) is 2.50. The van der Waals surface area contributed by atoms with Crippen molar-refractivity contribution in [1.82, 2.24) is 4.90 Å². The Morgan fingerprint density at radius 2 is 1.81 bits per heavy atom. The summed E-state index contributed by atoms with van der Waals surface area (Å²) in [6, 6.07) is 13.8. The summed E-state index contributed by atoms with van der Waals surface area (Å²) in [6.07, 6.45) is 3.49. The Labute approximate surface area is 125 Å². The van der Waals surface area contributed by atoms with Crippen LogP contribution in [-0.4, -0.2) is 24.1 Å². The molecule has 0 spiro atoms. The molecule has 1 aromatic heterocycles. The Morgan fingerprint density at radius 3 is 2.48 bits per heavy atom. The van der Waals surface area contributed by atoms with Crippen molar-refractivity contribution < 1.29 is 14.1 Å². The number of carbonyl (C=O) groups excluding carboxylic acids is 1. The van der Waals surface area contributed by atoms with Gasteiger partial charge in [0.2, 0.25) is 6.20 Å². The molecule has 1 heterocycles. The first kappa shape index (κ1) is 15.0. The van der Waals surface area contributed by atoms with Crippen molar-refractivity contribution in [3.05, 3.63) is 60.4 Å². The second-order valence-electron chi connectivity index (χ2n) is 4.74. The maximum absolute atomic E-state index is 11.9. The summed E-state index contributed by atoms with van der Waals surface area (Å²) in [5.41, 5.74) is 1.20. The molecule has 0 aliphatic rings. The smallest absolute Gasteiger partial charge is 0.404 e. The summed E-state index contributed by atoms with van der Waals surface area (Å²) in [4.78, 5) is 13.6. The SMILES string of the molecule is CCN(CC)C(=O)Oc1ccc[n+](Cc2ccccc2)c1. The van der Waals surface area contributed by atoms with Crippen LogP contribution in [0.4, 0.5) is 4.79 Å². The Balaban J connectivity index is 2.06. The molecule has 0 aliphatic heterocycles. The second kappa shape index (κ2) is 7.43. The van der Waals surface area contributed by atoms with Crippen LogP contribution in [-0.2, 0) is 6.54 Å². The molecular formula is C17H21N2O2+. The molecule has 0 atom stereocenters. The number of benzene rings is 1. The number of pyridine rings is 1. The van der Waals surface area contributed by atoms with Crippen LogP contribution >= 0.6 is 0 Å². The van der Waals surface area contributed by atoms with E-state index in [4.69, 9.17) is 4.74 Å². The summed E-state index contributed by atoms with van der Waals surface area (Å²) in [6.45, 7) is 5.91. The lowest BCUT2D eigenvalue weighted by Gasteiger charge is -2.17. The average molecular weight is 285 g/mol. The van der Waals surface area contributed by atoms with E-state index >= 15 is 0 Å². The molecule has 0 saturated heterocycles. The Bertz CT molecular complexity index is 580. The Morgan fingerprint density at radius 1 is 1.10 bits per heavy atom. The zero-order valence-electron chi connectivity index (χ0n) is 12.5. The van der Waals surface area contributed by atoms with Gasteiger partial charge >= 0.3 is 6.09 Å². The van der Waals surface area contributed by atoms with Gasteiger partial charge in [-0.3, -0.25) is 0 Å². The van der Waals surface area contributed by atoms with Crippen LogP contribution in [0.1, 0.15) is 19.4 Å². The van der Waals surface area contributed by atoms with Crippen molar-refractivity contribution in [2.24, 2.45) is 0 Å².